The molecule has 1 aliphatic heterocycles. The SMILES string of the molecule is O=C(NC1CCN(C(=O)C2CCC(S(=O)(=O)O)C2)C1)OCc1ccccc1. The Bertz CT molecular complexity index is 782. The molecule has 0 spiro atoms. The van der Waals surface area contributed by atoms with Gasteiger partial charge in [-0.15, -0.1) is 0 Å². The van der Waals surface area contributed by atoms with E-state index in [1.165, 1.54) is 0 Å². The van der Waals surface area contributed by atoms with E-state index in [0.29, 0.717) is 32.4 Å². The normalized spacial score (nSPS) is 25.4. The third-order valence-electron chi connectivity index (χ3n) is 5.19. The van der Waals surface area contributed by atoms with Crippen molar-refractivity contribution in [3.8, 4) is 0 Å². The third kappa shape index (κ3) is 5.20. The number of nitrogens with zero attached hydrogens (tertiary/aromatic N) is 1. The summed E-state index contributed by atoms with van der Waals surface area (Å²) in [6, 6.07) is 9.17. The monoisotopic (exact) mass is 396 g/mol. The molecule has 9 heteroatoms. The van der Waals surface area contributed by atoms with Gasteiger partial charge in [-0.2, -0.15) is 8.42 Å². The molecule has 0 aromatic heterocycles. The molecule has 2 aliphatic rings. The lowest BCUT2D eigenvalue weighted by Gasteiger charge is -2.21. The van der Waals surface area contributed by atoms with E-state index in [9.17, 15) is 18.0 Å². The number of likely N-dealkylation sites (tertiary alicyclic amines) is 1. The van der Waals surface area contributed by atoms with Crippen LogP contribution in [0.3, 0.4) is 0 Å². The van der Waals surface area contributed by atoms with E-state index in [-0.39, 0.29) is 30.9 Å². The van der Waals surface area contributed by atoms with Crippen molar-refractivity contribution in [1.29, 1.82) is 0 Å². The predicted molar refractivity (Wildman–Crippen MR) is 97.4 cm³/mol. The van der Waals surface area contributed by atoms with Crippen LogP contribution in [-0.2, 0) is 26.3 Å². The number of ether oxygens (including phenoxy) is 1. The van der Waals surface area contributed by atoms with Crippen LogP contribution in [0, 0.1) is 5.92 Å². The minimum Gasteiger partial charge on any atom is -0.445 e. The molecule has 2 amide bonds. The van der Waals surface area contributed by atoms with Gasteiger partial charge in [0.15, 0.2) is 0 Å². The molecule has 0 radical (unpaired) electrons. The molecule has 8 nitrogen and oxygen atoms in total. The van der Waals surface area contributed by atoms with Gasteiger partial charge < -0.3 is 15.0 Å². The van der Waals surface area contributed by atoms with Crippen LogP contribution in [0.4, 0.5) is 4.79 Å². The Morgan fingerprint density at radius 2 is 1.93 bits per heavy atom. The Morgan fingerprint density at radius 1 is 1.19 bits per heavy atom. The number of nitrogens with one attached hydrogen (secondary N) is 1. The van der Waals surface area contributed by atoms with E-state index in [1.807, 2.05) is 30.3 Å². The van der Waals surface area contributed by atoms with Crippen molar-refractivity contribution in [2.45, 2.75) is 43.6 Å². The fourth-order valence-corrected chi connectivity index (χ4v) is 4.61. The van der Waals surface area contributed by atoms with E-state index in [1.54, 1.807) is 4.90 Å². The summed E-state index contributed by atoms with van der Waals surface area (Å²) in [7, 11) is -4.09. The zero-order valence-corrected chi connectivity index (χ0v) is 15.7. The minimum atomic E-state index is -4.09. The largest absolute Gasteiger partial charge is 0.445 e. The van der Waals surface area contributed by atoms with Gasteiger partial charge in [0.1, 0.15) is 6.61 Å². The van der Waals surface area contributed by atoms with E-state index in [0.717, 1.165) is 5.56 Å². The highest BCUT2D eigenvalue weighted by molar-refractivity contribution is 7.86. The van der Waals surface area contributed by atoms with Crippen molar-refractivity contribution in [2.24, 2.45) is 5.92 Å². The van der Waals surface area contributed by atoms with Gasteiger partial charge in [-0.25, -0.2) is 4.79 Å². The van der Waals surface area contributed by atoms with Gasteiger partial charge in [-0.3, -0.25) is 9.35 Å². The third-order valence-corrected chi connectivity index (χ3v) is 6.46. The summed E-state index contributed by atoms with van der Waals surface area (Å²) in [5.74, 6) is -0.496. The van der Waals surface area contributed by atoms with Crippen LogP contribution in [-0.4, -0.2) is 54.3 Å². The molecule has 1 aromatic rings. The molecule has 3 rings (SSSR count). The highest BCUT2D eigenvalue weighted by Gasteiger charge is 2.39. The molecule has 3 atom stereocenters. The average Bonchev–Trinajstić information content (AvgIpc) is 3.30. The minimum absolute atomic E-state index is 0.108. The topological polar surface area (TPSA) is 113 Å². The summed E-state index contributed by atoms with van der Waals surface area (Å²) in [6.45, 7) is 1.07. The average molecular weight is 396 g/mol. The summed E-state index contributed by atoms with van der Waals surface area (Å²) in [6.07, 6.45) is 1.02. The number of carbonyl (C=O) groups excluding carboxylic acids is 2. The summed E-state index contributed by atoms with van der Waals surface area (Å²) >= 11 is 0. The molecule has 1 aromatic carbocycles. The van der Waals surface area contributed by atoms with E-state index < -0.39 is 21.5 Å². The Hall–Kier alpha value is -2.13. The number of alkyl carbamates (subject to hydrolysis) is 1. The van der Waals surface area contributed by atoms with Crippen molar-refractivity contribution in [2.75, 3.05) is 13.1 Å². The molecular weight excluding hydrogens is 372 g/mol. The van der Waals surface area contributed by atoms with Crippen molar-refractivity contribution in [1.82, 2.24) is 10.2 Å². The van der Waals surface area contributed by atoms with Crippen molar-refractivity contribution in [3.63, 3.8) is 0 Å². The van der Waals surface area contributed by atoms with Crippen LogP contribution >= 0.6 is 0 Å². The molecule has 1 heterocycles. The van der Waals surface area contributed by atoms with E-state index in [2.05, 4.69) is 5.32 Å². The van der Waals surface area contributed by atoms with Gasteiger partial charge in [0.25, 0.3) is 10.1 Å². The second-order valence-corrected chi connectivity index (χ2v) is 8.82. The lowest BCUT2D eigenvalue weighted by Crippen LogP contribution is -2.40. The fourth-order valence-electron chi connectivity index (χ4n) is 3.70. The standard InChI is InChI=1S/C18H24N2O6S/c21-17(14-6-7-16(10-14)27(23,24)25)20-9-8-15(11-20)19-18(22)26-12-13-4-2-1-3-5-13/h1-5,14-16H,6-12H2,(H,19,22)(H,23,24,25). The van der Waals surface area contributed by atoms with Crippen LogP contribution in [0.2, 0.25) is 0 Å². The molecule has 3 unspecified atom stereocenters. The van der Waals surface area contributed by atoms with Crippen LogP contribution in [0.15, 0.2) is 30.3 Å². The van der Waals surface area contributed by atoms with Gasteiger partial charge in [-0.05, 0) is 31.2 Å². The Balaban J connectivity index is 1.43. The molecular formula is C18H24N2O6S. The first kappa shape index (κ1) is 19.6. The number of carbonyl (C=O) groups is 2. The maximum Gasteiger partial charge on any atom is 0.407 e. The van der Waals surface area contributed by atoms with Gasteiger partial charge in [-0.1, -0.05) is 30.3 Å². The molecule has 2 N–H and O–H groups in total. The Labute approximate surface area is 158 Å². The van der Waals surface area contributed by atoms with Gasteiger partial charge in [0.05, 0.1) is 11.3 Å². The number of hydrogen-bond donors (Lipinski definition) is 2. The van der Waals surface area contributed by atoms with Crippen molar-refractivity contribution < 1.29 is 27.3 Å². The molecule has 2 fully saturated rings. The maximum atomic E-state index is 12.6. The van der Waals surface area contributed by atoms with Crippen LogP contribution in [0.5, 0.6) is 0 Å². The van der Waals surface area contributed by atoms with Crippen LogP contribution in [0.1, 0.15) is 31.2 Å². The first-order valence-corrected chi connectivity index (χ1v) is 10.6. The second-order valence-electron chi connectivity index (χ2n) is 7.12. The zero-order chi connectivity index (χ0) is 19.4. The van der Waals surface area contributed by atoms with Crippen molar-refractivity contribution >= 4 is 22.1 Å². The first-order chi connectivity index (χ1) is 12.8. The fraction of sp³-hybridized carbons (Fsp3) is 0.556. The number of benzene rings is 1. The van der Waals surface area contributed by atoms with Crippen LogP contribution in [0.25, 0.3) is 0 Å². The summed E-state index contributed by atoms with van der Waals surface area (Å²) in [5, 5.41) is 1.92. The zero-order valence-electron chi connectivity index (χ0n) is 14.9. The highest BCUT2D eigenvalue weighted by Crippen LogP contribution is 2.32. The van der Waals surface area contributed by atoms with E-state index >= 15 is 0 Å². The van der Waals surface area contributed by atoms with Crippen molar-refractivity contribution in [3.05, 3.63) is 35.9 Å². The molecule has 148 valence electrons. The highest BCUT2D eigenvalue weighted by atomic mass is 32.2. The number of hydrogen-bond acceptors (Lipinski definition) is 5. The second kappa shape index (κ2) is 8.26. The maximum absolute atomic E-state index is 12.6. The molecule has 1 saturated carbocycles. The van der Waals surface area contributed by atoms with E-state index in [4.69, 9.17) is 9.29 Å². The summed E-state index contributed by atoms with van der Waals surface area (Å²) in [4.78, 5) is 26.1. The molecule has 1 aliphatic carbocycles. The summed E-state index contributed by atoms with van der Waals surface area (Å²) < 4.78 is 36.8. The van der Waals surface area contributed by atoms with Gasteiger partial charge >= 0.3 is 6.09 Å². The molecule has 27 heavy (non-hydrogen) atoms. The van der Waals surface area contributed by atoms with Gasteiger partial charge in [0, 0.05) is 19.0 Å². The predicted octanol–water partition coefficient (Wildman–Crippen LogP) is 1.57. The quantitative estimate of drug-likeness (QED) is 0.731. The molecule has 1 saturated heterocycles. The lowest BCUT2D eigenvalue weighted by molar-refractivity contribution is -0.134. The van der Waals surface area contributed by atoms with Crippen LogP contribution < -0.4 is 5.32 Å². The number of amides is 2. The number of rotatable bonds is 5. The lowest BCUT2D eigenvalue weighted by atomic mass is 10.1. The van der Waals surface area contributed by atoms with Gasteiger partial charge in [0.2, 0.25) is 5.91 Å². The Morgan fingerprint density at radius 3 is 2.59 bits per heavy atom. The summed E-state index contributed by atoms with van der Waals surface area (Å²) in [5.41, 5.74) is 0.894. The Kier molecular flexibility index (Phi) is 6.01. The smallest absolute Gasteiger partial charge is 0.407 e. The molecule has 0 bridgehead atoms. The first-order valence-electron chi connectivity index (χ1n) is 9.05.